The highest BCUT2D eigenvalue weighted by Gasteiger charge is 2.17. The standard InChI is InChI=1S/C17H21ClN4O3S/c1-11-15(17(18)22(4)20-11)9-10-16(23)21(3)12(2)13-5-7-14(8-6-13)26(19,24)25/h5-10,12H,1-4H3,(H2,19,24,25)/b10-9+. The van der Waals surface area contributed by atoms with Crippen molar-refractivity contribution in [1.82, 2.24) is 14.7 Å². The first-order chi connectivity index (χ1) is 12.0. The lowest BCUT2D eigenvalue weighted by Gasteiger charge is -2.24. The minimum Gasteiger partial charge on any atom is -0.335 e. The van der Waals surface area contributed by atoms with Gasteiger partial charge in [0.1, 0.15) is 5.15 Å². The molecule has 7 nitrogen and oxygen atoms in total. The number of sulfonamides is 1. The number of rotatable bonds is 5. The van der Waals surface area contributed by atoms with E-state index in [1.807, 2.05) is 13.8 Å². The van der Waals surface area contributed by atoms with Gasteiger partial charge in [0, 0.05) is 25.7 Å². The first-order valence-electron chi connectivity index (χ1n) is 7.79. The van der Waals surface area contributed by atoms with Crippen molar-refractivity contribution in [2.45, 2.75) is 24.8 Å². The SMILES string of the molecule is Cc1nn(C)c(Cl)c1/C=C/C(=O)N(C)C(C)c1ccc(S(N)(=O)=O)cc1. The fraction of sp³-hybridized carbons (Fsp3) is 0.294. The molecule has 0 saturated heterocycles. The number of primary sulfonamides is 1. The van der Waals surface area contributed by atoms with E-state index in [1.165, 1.54) is 18.2 Å². The summed E-state index contributed by atoms with van der Waals surface area (Å²) < 4.78 is 24.2. The number of nitrogens with zero attached hydrogens (tertiary/aromatic N) is 3. The largest absolute Gasteiger partial charge is 0.335 e. The molecule has 2 rings (SSSR count). The topological polar surface area (TPSA) is 98.3 Å². The number of halogens is 1. The highest BCUT2D eigenvalue weighted by atomic mass is 35.5. The number of carbonyl (C=O) groups is 1. The molecule has 2 aromatic rings. The average Bonchev–Trinajstić information content (AvgIpc) is 2.83. The molecule has 0 radical (unpaired) electrons. The molecule has 26 heavy (non-hydrogen) atoms. The van der Waals surface area contributed by atoms with Crippen LogP contribution in [0.2, 0.25) is 5.15 Å². The van der Waals surface area contributed by atoms with Crippen LogP contribution in [0.25, 0.3) is 6.08 Å². The molecule has 1 aromatic heterocycles. The molecule has 1 amide bonds. The molecule has 1 aromatic carbocycles. The molecule has 2 N–H and O–H groups in total. The summed E-state index contributed by atoms with van der Waals surface area (Å²) >= 11 is 6.15. The normalized spacial score (nSPS) is 13.2. The van der Waals surface area contributed by atoms with Gasteiger partial charge in [0.25, 0.3) is 0 Å². The van der Waals surface area contributed by atoms with Crippen molar-refractivity contribution < 1.29 is 13.2 Å². The maximum Gasteiger partial charge on any atom is 0.246 e. The summed E-state index contributed by atoms with van der Waals surface area (Å²) in [5.74, 6) is -0.215. The van der Waals surface area contributed by atoms with Crippen molar-refractivity contribution in [3.05, 3.63) is 52.3 Å². The number of carbonyl (C=O) groups excluding carboxylic acids is 1. The van der Waals surface area contributed by atoms with E-state index in [2.05, 4.69) is 5.10 Å². The molecule has 0 aliphatic heterocycles. The van der Waals surface area contributed by atoms with Crippen LogP contribution in [0.5, 0.6) is 0 Å². The molecule has 0 fully saturated rings. The second-order valence-electron chi connectivity index (χ2n) is 5.99. The smallest absolute Gasteiger partial charge is 0.246 e. The van der Waals surface area contributed by atoms with Gasteiger partial charge in [0.15, 0.2) is 0 Å². The van der Waals surface area contributed by atoms with Gasteiger partial charge < -0.3 is 4.90 Å². The van der Waals surface area contributed by atoms with Gasteiger partial charge in [-0.2, -0.15) is 5.10 Å². The molecule has 0 saturated carbocycles. The van der Waals surface area contributed by atoms with Crippen LogP contribution >= 0.6 is 11.6 Å². The Hall–Kier alpha value is -2.16. The molecule has 1 atom stereocenters. The quantitative estimate of drug-likeness (QED) is 0.783. The monoisotopic (exact) mass is 396 g/mol. The van der Waals surface area contributed by atoms with Gasteiger partial charge in [-0.25, -0.2) is 13.6 Å². The number of aryl methyl sites for hydroxylation is 2. The molecular formula is C17H21ClN4O3S. The molecule has 0 spiro atoms. The maximum atomic E-state index is 12.4. The van der Waals surface area contributed by atoms with Crippen molar-refractivity contribution in [3.8, 4) is 0 Å². The Morgan fingerprint density at radius 2 is 1.92 bits per heavy atom. The lowest BCUT2D eigenvalue weighted by atomic mass is 10.1. The van der Waals surface area contributed by atoms with Gasteiger partial charge in [-0.3, -0.25) is 9.48 Å². The Bertz CT molecular complexity index is 949. The van der Waals surface area contributed by atoms with Crippen LogP contribution in [0.4, 0.5) is 0 Å². The van der Waals surface area contributed by atoms with Crippen molar-refractivity contribution >= 4 is 33.6 Å². The van der Waals surface area contributed by atoms with Crippen molar-refractivity contribution in [2.75, 3.05) is 7.05 Å². The highest BCUT2D eigenvalue weighted by molar-refractivity contribution is 7.89. The van der Waals surface area contributed by atoms with E-state index in [4.69, 9.17) is 16.7 Å². The average molecular weight is 397 g/mol. The third-order valence-electron chi connectivity index (χ3n) is 4.21. The molecule has 140 valence electrons. The fourth-order valence-electron chi connectivity index (χ4n) is 2.46. The van der Waals surface area contributed by atoms with E-state index in [9.17, 15) is 13.2 Å². The van der Waals surface area contributed by atoms with E-state index in [-0.39, 0.29) is 16.8 Å². The first kappa shape index (κ1) is 20.2. The molecule has 9 heteroatoms. The third kappa shape index (κ3) is 4.32. The summed E-state index contributed by atoms with van der Waals surface area (Å²) in [5, 5.41) is 9.75. The Labute approximate surface area is 158 Å². The number of aromatic nitrogens is 2. The van der Waals surface area contributed by atoms with Gasteiger partial charge >= 0.3 is 0 Å². The summed E-state index contributed by atoms with van der Waals surface area (Å²) in [6.45, 7) is 3.66. The van der Waals surface area contributed by atoms with Crippen molar-refractivity contribution in [1.29, 1.82) is 0 Å². The second kappa shape index (κ2) is 7.61. The van der Waals surface area contributed by atoms with Crippen LogP contribution in [0.15, 0.2) is 35.2 Å². The summed E-state index contributed by atoms with van der Waals surface area (Å²) in [6.07, 6.45) is 3.07. The Morgan fingerprint density at radius 1 is 1.35 bits per heavy atom. The number of likely N-dealkylation sites (N-methyl/N-ethyl adjacent to an activating group) is 1. The van der Waals surface area contributed by atoms with Crippen LogP contribution in [0.3, 0.4) is 0 Å². The molecule has 0 bridgehead atoms. The highest BCUT2D eigenvalue weighted by Crippen LogP contribution is 2.22. The number of benzene rings is 1. The van der Waals surface area contributed by atoms with Gasteiger partial charge in [0.05, 0.1) is 16.6 Å². The Morgan fingerprint density at radius 3 is 2.38 bits per heavy atom. The van der Waals surface area contributed by atoms with E-state index in [0.29, 0.717) is 10.7 Å². The van der Waals surface area contributed by atoms with E-state index in [0.717, 1.165) is 11.3 Å². The lowest BCUT2D eigenvalue weighted by molar-refractivity contribution is -0.126. The van der Waals surface area contributed by atoms with Gasteiger partial charge in [-0.15, -0.1) is 0 Å². The van der Waals surface area contributed by atoms with Gasteiger partial charge in [-0.05, 0) is 37.6 Å². The minimum absolute atomic E-state index is 0.0315. The lowest BCUT2D eigenvalue weighted by Crippen LogP contribution is -2.28. The molecule has 0 aliphatic rings. The zero-order valence-corrected chi connectivity index (χ0v) is 16.5. The van der Waals surface area contributed by atoms with Crippen LogP contribution in [0.1, 0.15) is 29.8 Å². The number of hydrogen-bond acceptors (Lipinski definition) is 4. The Kier molecular flexibility index (Phi) is 5.90. The van der Waals surface area contributed by atoms with E-state index < -0.39 is 10.0 Å². The van der Waals surface area contributed by atoms with Crippen LogP contribution in [-0.2, 0) is 21.9 Å². The van der Waals surface area contributed by atoms with Crippen LogP contribution in [-0.4, -0.2) is 36.1 Å². The Balaban J connectivity index is 2.15. The molecule has 0 aliphatic carbocycles. The molecular weight excluding hydrogens is 376 g/mol. The van der Waals surface area contributed by atoms with Crippen LogP contribution in [0, 0.1) is 6.92 Å². The predicted octanol–water partition coefficient (Wildman–Crippen LogP) is 2.26. The van der Waals surface area contributed by atoms with Crippen molar-refractivity contribution in [2.24, 2.45) is 12.2 Å². The number of nitrogens with two attached hydrogens (primary N) is 1. The predicted molar refractivity (Wildman–Crippen MR) is 101 cm³/mol. The summed E-state index contributed by atoms with van der Waals surface area (Å²) in [5.41, 5.74) is 2.22. The number of hydrogen-bond donors (Lipinski definition) is 1. The zero-order valence-electron chi connectivity index (χ0n) is 15.0. The number of amides is 1. The van der Waals surface area contributed by atoms with E-state index in [1.54, 1.807) is 41.9 Å². The fourth-order valence-corrected chi connectivity index (χ4v) is 3.21. The van der Waals surface area contributed by atoms with Crippen molar-refractivity contribution in [3.63, 3.8) is 0 Å². The summed E-state index contributed by atoms with van der Waals surface area (Å²) in [6, 6.07) is 5.87. The third-order valence-corrected chi connectivity index (χ3v) is 5.59. The summed E-state index contributed by atoms with van der Waals surface area (Å²) in [7, 11) is -0.340. The second-order valence-corrected chi connectivity index (χ2v) is 7.91. The first-order valence-corrected chi connectivity index (χ1v) is 9.71. The van der Waals surface area contributed by atoms with Gasteiger partial charge in [-0.1, -0.05) is 23.7 Å². The van der Waals surface area contributed by atoms with Gasteiger partial charge in [0.2, 0.25) is 15.9 Å². The molecule has 1 heterocycles. The maximum absolute atomic E-state index is 12.4. The molecule has 1 unspecified atom stereocenters. The summed E-state index contributed by atoms with van der Waals surface area (Å²) in [4.78, 5) is 14.0. The minimum atomic E-state index is -3.74. The van der Waals surface area contributed by atoms with Crippen LogP contribution < -0.4 is 5.14 Å². The zero-order chi connectivity index (χ0) is 19.6. The van der Waals surface area contributed by atoms with E-state index >= 15 is 0 Å².